The number of aryl methyl sites for hydroxylation is 1. The van der Waals surface area contributed by atoms with Crippen LogP contribution in [-0.4, -0.2) is 7.05 Å². The predicted molar refractivity (Wildman–Crippen MR) is 99.3 cm³/mol. The maximum absolute atomic E-state index is 3.60. The molecule has 0 aliphatic carbocycles. The van der Waals surface area contributed by atoms with E-state index in [-0.39, 0.29) is 6.04 Å². The summed E-state index contributed by atoms with van der Waals surface area (Å²) in [4.78, 5) is 1.30. The second kappa shape index (κ2) is 6.21. The van der Waals surface area contributed by atoms with Crippen LogP contribution < -0.4 is 5.32 Å². The Hall–Kier alpha value is -0.680. The van der Waals surface area contributed by atoms with Crippen molar-refractivity contribution in [3.05, 3.63) is 66.7 Å². The molecule has 0 amide bonds. The minimum absolute atomic E-state index is 0.198. The Bertz CT molecular complexity index is 775. The second-order valence-electron chi connectivity index (χ2n) is 5.01. The van der Waals surface area contributed by atoms with Crippen LogP contribution in [0.15, 0.2) is 50.7 Å². The number of halogens is 2. The van der Waals surface area contributed by atoms with Crippen LogP contribution in [0.2, 0.25) is 0 Å². The lowest BCUT2D eigenvalue weighted by molar-refractivity contribution is 0.704. The van der Waals surface area contributed by atoms with E-state index in [0.717, 1.165) is 8.26 Å². The van der Waals surface area contributed by atoms with Gasteiger partial charge in [0.15, 0.2) is 0 Å². The van der Waals surface area contributed by atoms with Crippen LogP contribution in [0.1, 0.15) is 22.0 Å². The van der Waals surface area contributed by atoms with Crippen molar-refractivity contribution < 1.29 is 0 Å². The van der Waals surface area contributed by atoms with E-state index in [1.807, 2.05) is 7.05 Å². The SMILES string of the molecule is CNC(c1cc(Br)c(Br)s1)c1c(C)ccc2ccccc12. The Balaban J connectivity index is 2.23. The van der Waals surface area contributed by atoms with Crippen LogP contribution in [0.4, 0.5) is 0 Å². The molecule has 0 spiro atoms. The normalized spacial score (nSPS) is 12.8. The molecular formula is C17H15Br2NS. The van der Waals surface area contributed by atoms with Gasteiger partial charge >= 0.3 is 0 Å². The Morgan fingerprint density at radius 1 is 1.10 bits per heavy atom. The van der Waals surface area contributed by atoms with Gasteiger partial charge in [-0.3, -0.25) is 0 Å². The standard InChI is InChI=1S/C17H15Br2NS/c1-10-7-8-11-5-3-4-6-12(11)15(10)16(20-2)14-9-13(18)17(19)21-14/h3-9,16,20H,1-2H3. The number of hydrogen-bond acceptors (Lipinski definition) is 2. The highest BCUT2D eigenvalue weighted by Gasteiger charge is 2.20. The van der Waals surface area contributed by atoms with Gasteiger partial charge in [0.25, 0.3) is 0 Å². The minimum atomic E-state index is 0.198. The molecule has 1 heterocycles. The monoisotopic (exact) mass is 423 g/mol. The summed E-state index contributed by atoms with van der Waals surface area (Å²) in [7, 11) is 2.02. The van der Waals surface area contributed by atoms with Crippen LogP contribution in [0.5, 0.6) is 0 Å². The lowest BCUT2D eigenvalue weighted by Gasteiger charge is -2.20. The number of thiophene rings is 1. The summed E-state index contributed by atoms with van der Waals surface area (Å²) in [6.45, 7) is 2.18. The summed E-state index contributed by atoms with van der Waals surface area (Å²) >= 11 is 8.95. The van der Waals surface area contributed by atoms with E-state index in [1.54, 1.807) is 11.3 Å². The molecule has 1 aromatic heterocycles. The van der Waals surface area contributed by atoms with Gasteiger partial charge in [-0.25, -0.2) is 0 Å². The zero-order chi connectivity index (χ0) is 15.0. The molecule has 3 aromatic rings. The fraction of sp³-hybridized carbons (Fsp3) is 0.176. The first-order chi connectivity index (χ1) is 10.1. The van der Waals surface area contributed by atoms with E-state index in [1.165, 1.54) is 26.8 Å². The number of benzene rings is 2. The van der Waals surface area contributed by atoms with Gasteiger partial charge in [0, 0.05) is 9.35 Å². The van der Waals surface area contributed by atoms with Crippen LogP contribution in [0.25, 0.3) is 10.8 Å². The molecule has 2 aromatic carbocycles. The fourth-order valence-electron chi connectivity index (χ4n) is 2.72. The summed E-state index contributed by atoms with van der Waals surface area (Å²) < 4.78 is 2.25. The van der Waals surface area contributed by atoms with Gasteiger partial charge in [-0.15, -0.1) is 11.3 Å². The molecule has 0 radical (unpaired) electrons. The number of rotatable bonds is 3. The van der Waals surface area contributed by atoms with Gasteiger partial charge in [-0.2, -0.15) is 0 Å². The lowest BCUT2D eigenvalue weighted by atomic mass is 9.93. The smallest absolute Gasteiger partial charge is 0.0843 e. The van der Waals surface area contributed by atoms with Crippen LogP contribution >= 0.6 is 43.2 Å². The molecule has 0 saturated heterocycles. The zero-order valence-corrected chi connectivity index (χ0v) is 15.8. The Kier molecular flexibility index (Phi) is 4.50. The highest BCUT2D eigenvalue weighted by Crippen LogP contribution is 2.40. The fourth-order valence-corrected chi connectivity index (χ4v) is 4.93. The van der Waals surface area contributed by atoms with Crippen LogP contribution in [0, 0.1) is 6.92 Å². The summed E-state index contributed by atoms with van der Waals surface area (Å²) in [5, 5.41) is 6.08. The van der Waals surface area contributed by atoms with Crippen molar-refractivity contribution >= 4 is 54.0 Å². The van der Waals surface area contributed by atoms with Crippen molar-refractivity contribution in [2.75, 3.05) is 7.05 Å². The van der Waals surface area contributed by atoms with E-state index >= 15 is 0 Å². The average molecular weight is 425 g/mol. The van der Waals surface area contributed by atoms with Gasteiger partial charge in [-0.05, 0) is 73.8 Å². The molecule has 1 N–H and O–H groups in total. The summed E-state index contributed by atoms with van der Waals surface area (Å²) in [5.41, 5.74) is 2.67. The molecule has 0 fully saturated rings. The summed E-state index contributed by atoms with van der Waals surface area (Å²) in [5.74, 6) is 0. The predicted octanol–water partition coefficient (Wildman–Crippen LogP) is 6.04. The molecule has 21 heavy (non-hydrogen) atoms. The van der Waals surface area contributed by atoms with Crippen molar-refractivity contribution in [2.45, 2.75) is 13.0 Å². The van der Waals surface area contributed by atoms with Gasteiger partial charge in [0.2, 0.25) is 0 Å². The van der Waals surface area contributed by atoms with Gasteiger partial charge in [-0.1, -0.05) is 36.4 Å². The van der Waals surface area contributed by atoms with Gasteiger partial charge in [0.05, 0.1) is 9.83 Å². The Morgan fingerprint density at radius 2 is 1.86 bits per heavy atom. The summed E-state index contributed by atoms with van der Waals surface area (Å²) in [6, 6.07) is 15.4. The average Bonchev–Trinajstić information content (AvgIpc) is 2.81. The minimum Gasteiger partial charge on any atom is -0.309 e. The van der Waals surface area contributed by atoms with Crippen molar-refractivity contribution in [1.29, 1.82) is 0 Å². The molecular weight excluding hydrogens is 410 g/mol. The third kappa shape index (κ3) is 2.82. The molecule has 3 rings (SSSR count). The molecule has 1 nitrogen and oxygen atoms in total. The molecule has 4 heteroatoms. The van der Waals surface area contributed by atoms with E-state index < -0.39 is 0 Å². The lowest BCUT2D eigenvalue weighted by Crippen LogP contribution is -2.18. The van der Waals surface area contributed by atoms with E-state index in [0.29, 0.717) is 0 Å². The summed E-state index contributed by atoms with van der Waals surface area (Å²) in [6.07, 6.45) is 0. The molecule has 0 bridgehead atoms. The second-order valence-corrected chi connectivity index (χ2v) is 8.27. The number of fused-ring (bicyclic) bond motifs is 1. The van der Waals surface area contributed by atoms with E-state index in [9.17, 15) is 0 Å². The first kappa shape index (κ1) is 15.2. The molecule has 1 unspecified atom stereocenters. The van der Waals surface area contributed by atoms with E-state index in [2.05, 4.69) is 86.6 Å². The first-order valence-corrected chi connectivity index (χ1v) is 9.12. The quantitative estimate of drug-likeness (QED) is 0.540. The van der Waals surface area contributed by atoms with Gasteiger partial charge < -0.3 is 5.32 Å². The maximum Gasteiger partial charge on any atom is 0.0843 e. The maximum atomic E-state index is 3.60. The van der Waals surface area contributed by atoms with Gasteiger partial charge in [0.1, 0.15) is 0 Å². The number of nitrogens with one attached hydrogen (secondary N) is 1. The molecule has 1 atom stereocenters. The first-order valence-electron chi connectivity index (χ1n) is 6.72. The third-order valence-corrected chi connectivity index (χ3v) is 7.04. The Morgan fingerprint density at radius 3 is 2.52 bits per heavy atom. The highest BCUT2D eigenvalue weighted by molar-refractivity contribution is 9.13. The van der Waals surface area contributed by atoms with Crippen molar-refractivity contribution in [1.82, 2.24) is 5.32 Å². The van der Waals surface area contributed by atoms with Crippen molar-refractivity contribution in [2.24, 2.45) is 0 Å². The van der Waals surface area contributed by atoms with Crippen molar-refractivity contribution in [3.8, 4) is 0 Å². The zero-order valence-electron chi connectivity index (χ0n) is 11.8. The third-order valence-electron chi connectivity index (χ3n) is 3.71. The van der Waals surface area contributed by atoms with Crippen LogP contribution in [-0.2, 0) is 0 Å². The molecule has 0 aliphatic heterocycles. The molecule has 0 saturated carbocycles. The number of hydrogen-bond donors (Lipinski definition) is 1. The Labute approximate surface area is 145 Å². The molecule has 0 aliphatic rings. The topological polar surface area (TPSA) is 12.0 Å². The van der Waals surface area contributed by atoms with Crippen LogP contribution in [0.3, 0.4) is 0 Å². The van der Waals surface area contributed by atoms with E-state index in [4.69, 9.17) is 0 Å². The molecule has 108 valence electrons. The van der Waals surface area contributed by atoms with Crippen molar-refractivity contribution in [3.63, 3.8) is 0 Å². The highest BCUT2D eigenvalue weighted by atomic mass is 79.9. The largest absolute Gasteiger partial charge is 0.309 e.